The Morgan fingerprint density at radius 2 is 2.21 bits per heavy atom. The molecule has 0 radical (unpaired) electrons. The van der Waals surface area contributed by atoms with Gasteiger partial charge in [0.1, 0.15) is 11.2 Å². The third-order valence-electron chi connectivity index (χ3n) is 3.41. The van der Waals surface area contributed by atoms with E-state index in [-0.39, 0.29) is 11.6 Å². The summed E-state index contributed by atoms with van der Waals surface area (Å²) >= 11 is 2.03. The number of amides is 2. The quantitative estimate of drug-likeness (QED) is 0.499. The van der Waals surface area contributed by atoms with Crippen LogP contribution in [0.1, 0.15) is 6.42 Å². The highest BCUT2D eigenvalue weighted by molar-refractivity contribution is 14.1. The number of likely N-dealkylation sites (tertiary alicyclic amines) is 1. The lowest BCUT2D eigenvalue weighted by atomic mass is 9.87. The summed E-state index contributed by atoms with van der Waals surface area (Å²) in [5.41, 5.74) is -0.962. The van der Waals surface area contributed by atoms with Gasteiger partial charge in [-0.2, -0.15) is 0 Å². The molecule has 19 heavy (non-hydrogen) atoms. The molecule has 0 bridgehead atoms. The second-order valence-corrected chi connectivity index (χ2v) is 5.39. The Morgan fingerprint density at radius 3 is 2.74 bits per heavy atom. The van der Waals surface area contributed by atoms with Crippen LogP contribution in [-0.2, 0) is 9.59 Å². The van der Waals surface area contributed by atoms with Gasteiger partial charge in [-0.15, -0.1) is 0 Å². The number of benzene rings is 1. The van der Waals surface area contributed by atoms with Crippen molar-refractivity contribution in [1.82, 2.24) is 4.90 Å². The van der Waals surface area contributed by atoms with Crippen molar-refractivity contribution in [1.29, 1.82) is 0 Å². The van der Waals surface area contributed by atoms with Crippen LogP contribution in [0.25, 0.3) is 0 Å². The van der Waals surface area contributed by atoms with Crippen molar-refractivity contribution in [3.63, 3.8) is 0 Å². The highest BCUT2D eigenvalue weighted by atomic mass is 127. The Morgan fingerprint density at radius 1 is 1.53 bits per heavy atom. The van der Waals surface area contributed by atoms with Crippen molar-refractivity contribution in [2.24, 2.45) is 5.41 Å². The summed E-state index contributed by atoms with van der Waals surface area (Å²) in [6, 6.07) is 5.94. The van der Waals surface area contributed by atoms with Crippen molar-refractivity contribution < 1.29 is 14.0 Å². The van der Waals surface area contributed by atoms with Gasteiger partial charge in [0.25, 0.3) is 0 Å². The summed E-state index contributed by atoms with van der Waals surface area (Å²) in [7, 11) is 1.67. The number of halogens is 2. The first-order chi connectivity index (χ1) is 9.01. The van der Waals surface area contributed by atoms with E-state index in [2.05, 4.69) is 5.32 Å². The second-order valence-electron chi connectivity index (χ2n) is 4.63. The predicted octanol–water partition coefficient (Wildman–Crippen LogP) is 2.05. The molecule has 1 aromatic rings. The van der Waals surface area contributed by atoms with Crippen LogP contribution in [0.3, 0.4) is 0 Å². The van der Waals surface area contributed by atoms with Crippen LogP contribution in [0.2, 0.25) is 0 Å². The summed E-state index contributed by atoms with van der Waals surface area (Å²) < 4.78 is 13.9. The smallest absolute Gasteiger partial charge is 0.241 e. The van der Waals surface area contributed by atoms with E-state index in [0.29, 0.717) is 17.4 Å². The first kappa shape index (κ1) is 14.2. The van der Waals surface area contributed by atoms with Crippen molar-refractivity contribution in [2.45, 2.75) is 6.42 Å². The molecule has 0 aliphatic carbocycles. The first-order valence-corrected chi connectivity index (χ1v) is 7.41. The van der Waals surface area contributed by atoms with Crippen molar-refractivity contribution >= 4 is 40.1 Å². The Bertz CT molecular complexity index is 523. The molecule has 1 unspecified atom stereocenters. The van der Waals surface area contributed by atoms with Gasteiger partial charge >= 0.3 is 0 Å². The van der Waals surface area contributed by atoms with Gasteiger partial charge in [-0.25, -0.2) is 4.39 Å². The molecule has 1 aliphatic rings. The summed E-state index contributed by atoms with van der Waals surface area (Å²) in [6.45, 7) is 0.548. The van der Waals surface area contributed by atoms with E-state index in [1.54, 1.807) is 24.1 Å². The number of anilines is 1. The van der Waals surface area contributed by atoms with Crippen molar-refractivity contribution in [3.05, 3.63) is 30.1 Å². The van der Waals surface area contributed by atoms with E-state index in [4.69, 9.17) is 0 Å². The van der Waals surface area contributed by atoms with Crippen LogP contribution in [0.4, 0.5) is 10.1 Å². The van der Waals surface area contributed by atoms with E-state index in [1.165, 1.54) is 12.1 Å². The van der Waals surface area contributed by atoms with E-state index < -0.39 is 17.1 Å². The third-order valence-corrected chi connectivity index (χ3v) is 4.72. The summed E-state index contributed by atoms with van der Waals surface area (Å²) in [6.07, 6.45) is 0.464. The van der Waals surface area contributed by atoms with Gasteiger partial charge in [-0.05, 0) is 18.6 Å². The normalized spacial score (nSPS) is 22.7. The molecule has 1 atom stereocenters. The van der Waals surface area contributed by atoms with Crippen LogP contribution >= 0.6 is 22.6 Å². The maximum Gasteiger partial charge on any atom is 0.241 e. The van der Waals surface area contributed by atoms with E-state index in [1.807, 2.05) is 22.6 Å². The number of carbonyl (C=O) groups excluding carboxylic acids is 2. The fraction of sp³-hybridized carbons (Fsp3) is 0.385. The van der Waals surface area contributed by atoms with E-state index in [9.17, 15) is 14.0 Å². The van der Waals surface area contributed by atoms with Crippen LogP contribution in [0.5, 0.6) is 0 Å². The molecule has 0 saturated carbocycles. The highest BCUT2D eigenvalue weighted by Crippen LogP contribution is 2.35. The lowest BCUT2D eigenvalue weighted by molar-refractivity contribution is -0.140. The van der Waals surface area contributed by atoms with Gasteiger partial charge in [-0.1, -0.05) is 34.7 Å². The molecule has 1 saturated heterocycles. The lowest BCUT2D eigenvalue weighted by Gasteiger charge is -2.23. The average Bonchev–Trinajstić information content (AvgIpc) is 2.70. The molecule has 1 aromatic carbocycles. The maximum atomic E-state index is 13.5. The average molecular weight is 376 g/mol. The molecule has 4 nitrogen and oxygen atoms in total. The van der Waals surface area contributed by atoms with Crippen molar-refractivity contribution in [3.8, 4) is 0 Å². The Labute approximate surface area is 124 Å². The summed E-state index contributed by atoms with van der Waals surface area (Å²) in [4.78, 5) is 26.0. The number of rotatable bonds is 3. The number of hydrogen-bond donors (Lipinski definition) is 1. The molecule has 1 aliphatic heterocycles. The van der Waals surface area contributed by atoms with E-state index in [0.717, 1.165) is 0 Å². The molecule has 0 spiro atoms. The topological polar surface area (TPSA) is 49.4 Å². The molecular weight excluding hydrogens is 362 g/mol. The van der Waals surface area contributed by atoms with Gasteiger partial charge < -0.3 is 10.2 Å². The van der Waals surface area contributed by atoms with Gasteiger partial charge in [-0.3, -0.25) is 9.59 Å². The molecule has 2 rings (SSSR count). The SMILES string of the molecule is CN1CCC(CI)(C(=O)Nc2ccccc2F)C1=O. The zero-order chi connectivity index (χ0) is 14.0. The largest absolute Gasteiger partial charge is 0.345 e. The second kappa shape index (κ2) is 5.44. The van der Waals surface area contributed by atoms with Crippen LogP contribution < -0.4 is 5.32 Å². The fourth-order valence-corrected chi connectivity index (χ4v) is 3.19. The Balaban J connectivity index is 2.24. The molecule has 2 amide bonds. The van der Waals surface area contributed by atoms with Crippen LogP contribution in [0.15, 0.2) is 24.3 Å². The third kappa shape index (κ3) is 2.45. The fourth-order valence-electron chi connectivity index (χ4n) is 2.13. The minimum Gasteiger partial charge on any atom is -0.345 e. The van der Waals surface area contributed by atoms with Gasteiger partial charge in [0.15, 0.2) is 0 Å². The number of alkyl halides is 1. The minimum absolute atomic E-state index is 0.110. The standard InChI is InChI=1S/C13H14FIN2O2/c1-17-7-6-13(8-15,12(17)19)11(18)16-10-5-3-2-4-9(10)14/h2-5H,6-8H2,1H3,(H,16,18). The molecule has 1 fully saturated rings. The van der Waals surface area contributed by atoms with Crippen molar-refractivity contribution in [2.75, 3.05) is 23.3 Å². The Hall–Kier alpha value is -1.18. The van der Waals surface area contributed by atoms with Crippen LogP contribution in [0, 0.1) is 11.2 Å². The minimum atomic E-state index is -1.07. The molecule has 0 aromatic heterocycles. The number of nitrogens with one attached hydrogen (secondary N) is 1. The molecule has 102 valence electrons. The molecule has 1 heterocycles. The zero-order valence-corrected chi connectivity index (χ0v) is 12.6. The van der Waals surface area contributed by atoms with Gasteiger partial charge in [0.05, 0.1) is 5.69 Å². The number of nitrogens with zero attached hydrogens (tertiary/aromatic N) is 1. The number of carbonyl (C=O) groups is 2. The Kier molecular flexibility index (Phi) is 4.07. The summed E-state index contributed by atoms with van der Waals surface area (Å²) in [5, 5.41) is 2.53. The summed E-state index contributed by atoms with van der Waals surface area (Å²) in [5.74, 6) is -1.13. The number of para-hydroxylation sites is 1. The highest BCUT2D eigenvalue weighted by Gasteiger charge is 2.50. The molecular formula is C13H14FIN2O2. The van der Waals surface area contributed by atoms with Gasteiger partial charge in [0, 0.05) is 18.0 Å². The number of hydrogen-bond acceptors (Lipinski definition) is 2. The first-order valence-electron chi connectivity index (χ1n) is 5.89. The van der Waals surface area contributed by atoms with Crippen LogP contribution in [-0.4, -0.2) is 34.7 Å². The predicted molar refractivity (Wildman–Crippen MR) is 78.6 cm³/mol. The van der Waals surface area contributed by atoms with Gasteiger partial charge in [0.2, 0.25) is 11.8 Å². The molecule has 1 N–H and O–H groups in total. The van der Waals surface area contributed by atoms with E-state index >= 15 is 0 Å². The lowest BCUT2D eigenvalue weighted by Crippen LogP contribution is -2.44. The monoisotopic (exact) mass is 376 g/mol. The molecule has 6 heteroatoms. The maximum absolute atomic E-state index is 13.5. The zero-order valence-electron chi connectivity index (χ0n) is 10.5.